The first kappa shape index (κ1) is 11.3. The lowest BCUT2D eigenvalue weighted by Crippen LogP contribution is -2.03. The summed E-state index contributed by atoms with van der Waals surface area (Å²) in [6, 6.07) is 18.5. The van der Waals surface area contributed by atoms with Gasteiger partial charge in [0.1, 0.15) is 11.5 Å². The van der Waals surface area contributed by atoms with Crippen molar-refractivity contribution < 1.29 is 4.74 Å². The molecule has 1 aliphatic carbocycles. The van der Waals surface area contributed by atoms with Crippen LogP contribution in [0.3, 0.4) is 0 Å². The maximum absolute atomic E-state index is 5.89. The summed E-state index contributed by atoms with van der Waals surface area (Å²) < 4.78 is 5.89. The molecule has 0 bridgehead atoms. The number of hydrogen-bond acceptors (Lipinski definition) is 1. The second-order valence-electron chi connectivity index (χ2n) is 5.08. The van der Waals surface area contributed by atoms with Gasteiger partial charge in [0.2, 0.25) is 0 Å². The summed E-state index contributed by atoms with van der Waals surface area (Å²) in [6.45, 7) is 2.28. The van der Waals surface area contributed by atoms with Gasteiger partial charge in [-0.15, -0.1) is 0 Å². The smallest absolute Gasteiger partial charge is 0.127 e. The Hall–Kier alpha value is -1.76. The standard InChI is InChI=1S/C17H18O/c1-2-17(11-12-17)14-7-6-10-16(13-14)18-15-8-4-3-5-9-15/h3-10,13H,2,11-12H2,1H3. The number of ether oxygens (including phenoxy) is 1. The largest absolute Gasteiger partial charge is 0.457 e. The van der Waals surface area contributed by atoms with Gasteiger partial charge in [0.05, 0.1) is 0 Å². The third-order valence-corrected chi connectivity index (χ3v) is 3.96. The van der Waals surface area contributed by atoms with Crippen molar-refractivity contribution in [2.24, 2.45) is 0 Å². The lowest BCUT2D eigenvalue weighted by atomic mass is 9.93. The van der Waals surface area contributed by atoms with E-state index in [0.29, 0.717) is 5.41 Å². The molecule has 18 heavy (non-hydrogen) atoms. The van der Waals surface area contributed by atoms with Crippen molar-refractivity contribution in [2.45, 2.75) is 31.6 Å². The van der Waals surface area contributed by atoms with E-state index in [9.17, 15) is 0 Å². The Bertz CT molecular complexity index is 526. The van der Waals surface area contributed by atoms with Crippen LogP contribution in [-0.4, -0.2) is 0 Å². The molecule has 1 heteroatoms. The van der Waals surface area contributed by atoms with Gasteiger partial charge in [0.25, 0.3) is 0 Å². The van der Waals surface area contributed by atoms with E-state index in [4.69, 9.17) is 4.74 Å². The average molecular weight is 238 g/mol. The minimum absolute atomic E-state index is 0.441. The molecule has 3 rings (SSSR count). The fraction of sp³-hybridized carbons (Fsp3) is 0.294. The van der Waals surface area contributed by atoms with Gasteiger partial charge in [0, 0.05) is 0 Å². The first-order chi connectivity index (χ1) is 8.82. The minimum Gasteiger partial charge on any atom is -0.457 e. The van der Waals surface area contributed by atoms with Crippen molar-refractivity contribution in [2.75, 3.05) is 0 Å². The lowest BCUT2D eigenvalue weighted by molar-refractivity contribution is 0.480. The summed E-state index contributed by atoms with van der Waals surface area (Å²) in [5, 5.41) is 0. The summed E-state index contributed by atoms with van der Waals surface area (Å²) in [6.07, 6.45) is 3.86. The van der Waals surface area contributed by atoms with E-state index in [1.54, 1.807) is 0 Å². The van der Waals surface area contributed by atoms with Gasteiger partial charge in [-0.25, -0.2) is 0 Å². The molecule has 0 N–H and O–H groups in total. The Morgan fingerprint density at radius 1 is 0.944 bits per heavy atom. The molecule has 0 heterocycles. The van der Waals surface area contributed by atoms with Crippen LogP contribution in [-0.2, 0) is 5.41 Å². The Morgan fingerprint density at radius 3 is 2.33 bits per heavy atom. The van der Waals surface area contributed by atoms with Crippen molar-refractivity contribution in [3.8, 4) is 11.5 Å². The van der Waals surface area contributed by atoms with E-state index in [1.807, 2.05) is 36.4 Å². The van der Waals surface area contributed by atoms with Crippen LogP contribution in [0, 0.1) is 0 Å². The van der Waals surface area contributed by atoms with Gasteiger partial charge in [0.15, 0.2) is 0 Å². The summed E-state index contributed by atoms with van der Waals surface area (Å²) in [5.41, 5.74) is 1.87. The molecule has 0 unspecified atom stereocenters. The van der Waals surface area contributed by atoms with Crippen LogP contribution in [0.25, 0.3) is 0 Å². The van der Waals surface area contributed by atoms with Crippen molar-refractivity contribution in [1.82, 2.24) is 0 Å². The number of benzene rings is 2. The van der Waals surface area contributed by atoms with Gasteiger partial charge in [-0.05, 0) is 54.5 Å². The minimum atomic E-state index is 0.441. The van der Waals surface area contributed by atoms with E-state index >= 15 is 0 Å². The molecule has 0 aromatic heterocycles. The van der Waals surface area contributed by atoms with Gasteiger partial charge in [-0.3, -0.25) is 0 Å². The third kappa shape index (κ3) is 2.13. The zero-order valence-corrected chi connectivity index (χ0v) is 10.7. The molecular weight excluding hydrogens is 220 g/mol. The Labute approximate surface area is 108 Å². The van der Waals surface area contributed by atoms with Crippen LogP contribution < -0.4 is 4.74 Å². The molecule has 1 saturated carbocycles. The van der Waals surface area contributed by atoms with Crippen molar-refractivity contribution in [1.29, 1.82) is 0 Å². The average Bonchev–Trinajstić information content (AvgIpc) is 3.21. The van der Waals surface area contributed by atoms with E-state index in [2.05, 4.69) is 25.1 Å². The fourth-order valence-electron chi connectivity index (χ4n) is 2.51. The Balaban J connectivity index is 1.84. The van der Waals surface area contributed by atoms with Gasteiger partial charge < -0.3 is 4.74 Å². The van der Waals surface area contributed by atoms with Gasteiger partial charge in [-0.2, -0.15) is 0 Å². The molecule has 0 amide bonds. The summed E-state index contributed by atoms with van der Waals surface area (Å²) in [5.74, 6) is 1.84. The van der Waals surface area contributed by atoms with E-state index in [-0.39, 0.29) is 0 Å². The molecule has 2 aromatic carbocycles. The predicted octanol–water partition coefficient (Wildman–Crippen LogP) is 4.92. The molecule has 0 saturated heterocycles. The summed E-state index contributed by atoms with van der Waals surface area (Å²) in [4.78, 5) is 0. The zero-order chi connectivity index (χ0) is 12.4. The van der Waals surface area contributed by atoms with E-state index in [1.165, 1.54) is 24.8 Å². The maximum Gasteiger partial charge on any atom is 0.127 e. The predicted molar refractivity (Wildman–Crippen MR) is 74.2 cm³/mol. The first-order valence-corrected chi connectivity index (χ1v) is 6.66. The van der Waals surface area contributed by atoms with Crippen molar-refractivity contribution in [3.05, 3.63) is 60.2 Å². The number of para-hydroxylation sites is 1. The topological polar surface area (TPSA) is 9.23 Å². The number of rotatable bonds is 4. The molecule has 0 radical (unpaired) electrons. The number of hydrogen-bond donors (Lipinski definition) is 0. The fourth-order valence-corrected chi connectivity index (χ4v) is 2.51. The second-order valence-corrected chi connectivity index (χ2v) is 5.08. The van der Waals surface area contributed by atoms with E-state index in [0.717, 1.165) is 11.5 Å². The highest BCUT2D eigenvalue weighted by molar-refractivity contribution is 5.39. The quantitative estimate of drug-likeness (QED) is 0.734. The second kappa shape index (κ2) is 4.49. The van der Waals surface area contributed by atoms with E-state index < -0.39 is 0 Å². The SMILES string of the molecule is CCC1(c2cccc(Oc3ccccc3)c2)CC1. The summed E-state index contributed by atoms with van der Waals surface area (Å²) in [7, 11) is 0. The molecule has 0 aliphatic heterocycles. The van der Waals surface area contributed by atoms with Crippen LogP contribution >= 0.6 is 0 Å². The van der Waals surface area contributed by atoms with Crippen LogP contribution in [0.4, 0.5) is 0 Å². The highest BCUT2D eigenvalue weighted by Crippen LogP contribution is 2.51. The van der Waals surface area contributed by atoms with Crippen LogP contribution in [0.2, 0.25) is 0 Å². The summed E-state index contributed by atoms with van der Waals surface area (Å²) >= 11 is 0. The highest BCUT2D eigenvalue weighted by Gasteiger charge is 2.42. The molecule has 92 valence electrons. The van der Waals surface area contributed by atoms with Crippen molar-refractivity contribution >= 4 is 0 Å². The normalized spacial score (nSPS) is 16.3. The van der Waals surface area contributed by atoms with Gasteiger partial charge in [-0.1, -0.05) is 37.3 Å². The molecule has 1 aliphatic rings. The zero-order valence-electron chi connectivity index (χ0n) is 10.7. The molecule has 1 nitrogen and oxygen atoms in total. The monoisotopic (exact) mass is 238 g/mol. The lowest BCUT2D eigenvalue weighted by Gasteiger charge is -2.14. The maximum atomic E-state index is 5.89. The Morgan fingerprint density at radius 2 is 1.67 bits per heavy atom. The molecule has 1 fully saturated rings. The molecule has 0 atom stereocenters. The third-order valence-electron chi connectivity index (χ3n) is 3.96. The molecule has 2 aromatic rings. The molecule has 0 spiro atoms. The van der Waals surface area contributed by atoms with Crippen LogP contribution in [0.1, 0.15) is 31.7 Å². The van der Waals surface area contributed by atoms with Crippen LogP contribution in [0.15, 0.2) is 54.6 Å². The molecular formula is C17H18O. The van der Waals surface area contributed by atoms with Crippen LogP contribution in [0.5, 0.6) is 11.5 Å². The van der Waals surface area contributed by atoms with Crippen molar-refractivity contribution in [3.63, 3.8) is 0 Å². The van der Waals surface area contributed by atoms with Gasteiger partial charge >= 0.3 is 0 Å². The first-order valence-electron chi connectivity index (χ1n) is 6.66. The highest BCUT2D eigenvalue weighted by atomic mass is 16.5. The Kier molecular flexibility index (Phi) is 2.83.